The van der Waals surface area contributed by atoms with Gasteiger partial charge in [-0.3, -0.25) is 5.43 Å². The maximum Gasteiger partial charge on any atom is 0.322 e. The predicted molar refractivity (Wildman–Crippen MR) is 70.9 cm³/mol. The molecule has 0 aliphatic carbocycles. The number of piperidine rings is 1. The SMILES string of the molecule is COc1nc(NN)nc(N2CCCCC2CCO)n1. The number of anilines is 2. The van der Waals surface area contributed by atoms with Gasteiger partial charge in [0, 0.05) is 19.2 Å². The van der Waals surface area contributed by atoms with Crippen molar-refractivity contribution in [1.82, 2.24) is 15.0 Å². The summed E-state index contributed by atoms with van der Waals surface area (Å²) in [4.78, 5) is 14.6. The summed E-state index contributed by atoms with van der Waals surface area (Å²) < 4.78 is 5.05. The van der Waals surface area contributed by atoms with Gasteiger partial charge in [0.2, 0.25) is 11.9 Å². The van der Waals surface area contributed by atoms with Crippen molar-refractivity contribution in [1.29, 1.82) is 0 Å². The standard InChI is InChI=1S/C11H20N6O2/c1-19-11-14-9(16-12)13-10(15-11)17-6-3-2-4-8(17)5-7-18/h8,18H,2-7,12H2,1H3,(H,13,14,15,16). The number of nitrogens with one attached hydrogen (secondary N) is 1. The second-order valence-corrected chi connectivity index (χ2v) is 4.45. The molecule has 0 bridgehead atoms. The molecule has 1 unspecified atom stereocenters. The molecular formula is C11H20N6O2. The lowest BCUT2D eigenvalue weighted by atomic mass is 10.0. The van der Waals surface area contributed by atoms with Gasteiger partial charge in [-0.1, -0.05) is 0 Å². The molecule has 2 rings (SSSR count). The molecule has 1 atom stereocenters. The lowest BCUT2D eigenvalue weighted by Crippen LogP contribution is -2.41. The average Bonchev–Trinajstić information content (AvgIpc) is 2.47. The molecule has 0 saturated carbocycles. The zero-order chi connectivity index (χ0) is 13.7. The zero-order valence-corrected chi connectivity index (χ0v) is 11.0. The smallest absolute Gasteiger partial charge is 0.322 e. The second-order valence-electron chi connectivity index (χ2n) is 4.45. The van der Waals surface area contributed by atoms with Crippen molar-refractivity contribution in [3.05, 3.63) is 0 Å². The van der Waals surface area contributed by atoms with Crippen LogP contribution in [-0.2, 0) is 0 Å². The number of nitrogens with two attached hydrogens (primary N) is 1. The molecule has 8 nitrogen and oxygen atoms in total. The first-order valence-electron chi connectivity index (χ1n) is 6.42. The minimum absolute atomic E-state index is 0.158. The third kappa shape index (κ3) is 3.21. The molecule has 19 heavy (non-hydrogen) atoms. The van der Waals surface area contributed by atoms with Crippen LogP contribution in [0.2, 0.25) is 0 Å². The second kappa shape index (κ2) is 6.48. The number of nitrogens with zero attached hydrogens (tertiary/aromatic N) is 4. The summed E-state index contributed by atoms with van der Waals surface area (Å²) in [6.07, 6.45) is 3.98. The van der Waals surface area contributed by atoms with Crippen LogP contribution in [-0.4, -0.2) is 46.4 Å². The van der Waals surface area contributed by atoms with E-state index in [2.05, 4.69) is 25.3 Å². The van der Waals surface area contributed by atoms with E-state index in [4.69, 9.17) is 15.7 Å². The maximum absolute atomic E-state index is 9.15. The van der Waals surface area contributed by atoms with Crippen LogP contribution >= 0.6 is 0 Å². The average molecular weight is 268 g/mol. The fraction of sp³-hybridized carbons (Fsp3) is 0.727. The van der Waals surface area contributed by atoms with E-state index in [-0.39, 0.29) is 24.6 Å². The Balaban J connectivity index is 2.26. The Labute approximate surface area is 112 Å². The summed E-state index contributed by atoms with van der Waals surface area (Å²) >= 11 is 0. The number of hydrogen-bond acceptors (Lipinski definition) is 8. The van der Waals surface area contributed by atoms with Crippen LogP contribution < -0.4 is 20.9 Å². The van der Waals surface area contributed by atoms with Crippen LogP contribution in [0.25, 0.3) is 0 Å². The summed E-state index contributed by atoms with van der Waals surface area (Å²) in [6.45, 7) is 1.02. The van der Waals surface area contributed by atoms with Crippen molar-refractivity contribution in [2.24, 2.45) is 5.84 Å². The Bertz CT molecular complexity index is 392. The van der Waals surface area contributed by atoms with Crippen molar-refractivity contribution >= 4 is 11.9 Å². The van der Waals surface area contributed by atoms with Crippen molar-refractivity contribution in [2.75, 3.05) is 30.6 Å². The number of hydrazine groups is 1. The first kappa shape index (κ1) is 13.8. The van der Waals surface area contributed by atoms with Crippen molar-refractivity contribution < 1.29 is 9.84 Å². The first-order valence-corrected chi connectivity index (χ1v) is 6.42. The monoisotopic (exact) mass is 268 g/mol. The van der Waals surface area contributed by atoms with Crippen LogP contribution in [0.15, 0.2) is 0 Å². The van der Waals surface area contributed by atoms with E-state index in [0.29, 0.717) is 12.4 Å². The Morgan fingerprint density at radius 3 is 2.95 bits per heavy atom. The molecule has 1 saturated heterocycles. The predicted octanol–water partition coefficient (Wildman–Crippen LogP) is -0.0929. The number of methoxy groups -OCH3 is 1. The number of aromatic nitrogens is 3. The quantitative estimate of drug-likeness (QED) is 0.502. The fourth-order valence-electron chi connectivity index (χ4n) is 2.34. The Hall–Kier alpha value is -1.67. The highest BCUT2D eigenvalue weighted by molar-refractivity contribution is 5.39. The Morgan fingerprint density at radius 1 is 1.42 bits per heavy atom. The topological polar surface area (TPSA) is 109 Å². The minimum Gasteiger partial charge on any atom is -0.467 e. The third-order valence-corrected chi connectivity index (χ3v) is 3.26. The number of ether oxygens (including phenoxy) is 1. The molecule has 0 amide bonds. The molecule has 0 radical (unpaired) electrons. The minimum atomic E-state index is 0.158. The van der Waals surface area contributed by atoms with Gasteiger partial charge >= 0.3 is 6.01 Å². The van der Waals surface area contributed by atoms with Gasteiger partial charge in [-0.15, -0.1) is 0 Å². The molecular weight excluding hydrogens is 248 g/mol. The van der Waals surface area contributed by atoms with Crippen LogP contribution in [0, 0.1) is 0 Å². The molecule has 1 aromatic heterocycles. The maximum atomic E-state index is 9.15. The van der Waals surface area contributed by atoms with Crippen molar-refractivity contribution in [3.63, 3.8) is 0 Å². The molecule has 4 N–H and O–H groups in total. The van der Waals surface area contributed by atoms with Gasteiger partial charge in [-0.2, -0.15) is 15.0 Å². The van der Waals surface area contributed by atoms with Crippen LogP contribution in [0.4, 0.5) is 11.9 Å². The molecule has 8 heteroatoms. The van der Waals surface area contributed by atoms with E-state index in [1.54, 1.807) is 0 Å². The van der Waals surface area contributed by atoms with E-state index in [1.807, 2.05) is 0 Å². The summed E-state index contributed by atoms with van der Waals surface area (Å²) in [5, 5.41) is 9.15. The van der Waals surface area contributed by atoms with E-state index in [9.17, 15) is 0 Å². The number of aliphatic hydroxyl groups is 1. The highest BCUT2D eigenvalue weighted by Gasteiger charge is 2.25. The van der Waals surface area contributed by atoms with E-state index in [0.717, 1.165) is 25.8 Å². The summed E-state index contributed by atoms with van der Waals surface area (Å²) in [6, 6.07) is 0.475. The van der Waals surface area contributed by atoms with Crippen LogP contribution in [0.5, 0.6) is 6.01 Å². The summed E-state index contributed by atoms with van der Waals surface area (Å²) in [5.74, 6) is 6.16. The molecule has 2 heterocycles. The zero-order valence-electron chi connectivity index (χ0n) is 11.0. The first-order chi connectivity index (χ1) is 9.28. The fourth-order valence-corrected chi connectivity index (χ4v) is 2.34. The lowest BCUT2D eigenvalue weighted by molar-refractivity contribution is 0.261. The van der Waals surface area contributed by atoms with Crippen LogP contribution in [0.3, 0.4) is 0 Å². The Kier molecular flexibility index (Phi) is 4.69. The summed E-state index contributed by atoms with van der Waals surface area (Å²) in [7, 11) is 1.50. The number of hydrogen-bond donors (Lipinski definition) is 3. The molecule has 0 spiro atoms. The van der Waals surface area contributed by atoms with Gasteiger partial charge in [0.25, 0.3) is 0 Å². The van der Waals surface area contributed by atoms with Gasteiger partial charge in [0.05, 0.1) is 7.11 Å². The largest absolute Gasteiger partial charge is 0.467 e. The molecule has 1 aliphatic heterocycles. The van der Waals surface area contributed by atoms with Gasteiger partial charge < -0.3 is 14.7 Å². The normalized spacial score (nSPS) is 19.3. The molecule has 1 aliphatic rings. The van der Waals surface area contributed by atoms with E-state index in [1.165, 1.54) is 7.11 Å². The van der Waals surface area contributed by atoms with Gasteiger partial charge in [0.1, 0.15) is 0 Å². The van der Waals surface area contributed by atoms with Crippen molar-refractivity contribution in [2.45, 2.75) is 31.7 Å². The van der Waals surface area contributed by atoms with E-state index >= 15 is 0 Å². The third-order valence-electron chi connectivity index (χ3n) is 3.26. The summed E-state index contributed by atoms with van der Waals surface area (Å²) in [5.41, 5.74) is 2.41. The number of rotatable bonds is 5. The number of aliphatic hydroxyl groups excluding tert-OH is 1. The van der Waals surface area contributed by atoms with E-state index < -0.39 is 0 Å². The Morgan fingerprint density at radius 2 is 2.26 bits per heavy atom. The van der Waals surface area contributed by atoms with Crippen molar-refractivity contribution in [3.8, 4) is 6.01 Å². The number of nitrogen functional groups attached to an aromatic ring is 1. The molecule has 1 aromatic rings. The van der Waals surface area contributed by atoms with Gasteiger partial charge in [-0.25, -0.2) is 5.84 Å². The highest BCUT2D eigenvalue weighted by atomic mass is 16.5. The molecule has 0 aromatic carbocycles. The van der Waals surface area contributed by atoms with Crippen LogP contribution in [0.1, 0.15) is 25.7 Å². The van der Waals surface area contributed by atoms with Gasteiger partial charge in [0.15, 0.2) is 0 Å². The lowest BCUT2D eigenvalue weighted by Gasteiger charge is -2.35. The highest BCUT2D eigenvalue weighted by Crippen LogP contribution is 2.25. The molecule has 106 valence electrons. The van der Waals surface area contributed by atoms with Gasteiger partial charge in [-0.05, 0) is 25.7 Å². The molecule has 1 fully saturated rings.